The molecule has 1 N–H and O–H groups in total. The molecule has 2 nitrogen and oxygen atoms in total. The van der Waals surface area contributed by atoms with Crippen LogP contribution in [-0.2, 0) is 4.79 Å². The molecule has 5 aliphatic rings. The highest BCUT2D eigenvalue weighted by atomic mass is 16.3. The molecule has 3 unspecified atom stereocenters. The molecule has 0 aromatic carbocycles. The van der Waals surface area contributed by atoms with E-state index < -0.39 is 0 Å². The third-order valence-electron chi connectivity index (χ3n) is 9.88. The van der Waals surface area contributed by atoms with Gasteiger partial charge in [-0.15, -0.1) is 0 Å². The fourth-order valence-electron chi connectivity index (χ4n) is 8.72. The first-order valence-electron chi connectivity index (χ1n) is 10.7. The maximum atomic E-state index is 12.0. The molecule has 0 amide bonds. The third kappa shape index (κ3) is 2.01. The molecule has 2 heteroatoms. The summed E-state index contributed by atoms with van der Waals surface area (Å²) < 4.78 is 0. The summed E-state index contributed by atoms with van der Waals surface area (Å²) in [4.78, 5) is 12.0. The maximum Gasteiger partial charge on any atom is 0.133 e. The monoisotopic (exact) mass is 330 g/mol. The quantitative estimate of drug-likeness (QED) is 0.696. The highest BCUT2D eigenvalue weighted by Gasteiger charge is 2.62. The molecular weight excluding hydrogens is 296 g/mol. The van der Waals surface area contributed by atoms with Crippen LogP contribution in [0.3, 0.4) is 0 Å². The molecule has 0 aromatic heterocycles. The van der Waals surface area contributed by atoms with Crippen LogP contribution in [0.5, 0.6) is 0 Å². The van der Waals surface area contributed by atoms with Crippen molar-refractivity contribution in [1.29, 1.82) is 0 Å². The molecule has 134 valence electrons. The lowest BCUT2D eigenvalue weighted by atomic mass is 9.43. The fraction of sp³-hybridized carbons (Fsp3) is 0.955. The molecule has 0 bridgehead atoms. The number of carbonyl (C=O) groups excluding carboxylic acids is 1. The van der Waals surface area contributed by atoms with Crippen molar-refractivity contribution in [1.82, 2.24) is 0 Å². The topological polar surface area (TPSA) is 37.3 Å². The summed E-state index contributed by atoms with van der Waals surface area (Å²) in [5.74, 6) is 4.78. The number of ketones is 1. The lowest BCUT2D eigenvalue weighted by Crippen LogP contribution is -2.55. The van der Waals surface area contributed by atoms with E-state index >= 15 is 0 Å². The Morgan fingerprint density at radius 3 is 2.62 bits per heavy atom. The minimum atomic E-state index is -0.0326. The normalized spacial score (nSPS) is 56.8. The van der Waals surface area contributed by atoms with Gasteiger partial charge in [-0.2, -0.15) is 0 Å². The van der Waals surface area contributed by atoms with Gasteiger partial charge in [0.25, 0.3) is 0 Å². The highest BCUT2D eigenvalue weighted by molar-refractivity contribution is 5.79. The SMILES string of the molecule is C[C@]12CC[C@@H](O)C[C@H]1CCC1C3CC[C@@H]4CC(=O)CC[C@]34CCC12. The first-order valence-corrected chi connectivity index (χ1v) is 10.7. The van der Waals surface area contributed by atoms with Crippen molar-refractivity contribution in [2.24, 2.45) is 40.4 Å². The maximum absolute atomic E-state index is 12.0. The molecule has 5 fully saturated rings. The Morgan fingerprint density at radius 1 is 0.917 bits per heavy atom. The van der Waals surface area contributed by atoms with Gasteiger partial charge in [-0.25, -0.2) is 0 Å². The van der Waals surface area contributed by atoms with E-state index in [1.807, 2.05) is 0 Å². The van der Waals surface area contributed by atoms with Crippen molar-refractivity contribution in [2.75, 3.05) is 0 Å². The molecule has 8 atom stereocenters. The summed E-state index contributed by atoms with van der Waals surface area (Å²) in [6.45, 7) is 2.58. The van der Waals surface area contributed by atoms with Gasteiger partial charge in [0.05, 0.1) is 6.10 Å². The van der Waals surface area contributed by atoms with Gasteiger partial charge < -0.3 is 5.11 Å². The molecule has 5 rings (SSSR count). The van der Waals surface area contributed by atoms with E-state index in [9.17, 15) is 9.90 Å². The molecular formula is C22H34O2. The van der Waals surface area contributed by atoms with Crippen molar-refractivity contribution in [3.8, 4) is 0 Å². The van der Waals surface area contributed by atoms with Gasteiger partial charge in [0.15, 0.2) is 0 Å². The first-order chi connectivity index (χ1) is 11.5. The highest BCUT2D eigenvalue weighted by Crippen LogP contribution is 2.69. The number of Topliss-reactive ketones (excluding diaryl/α,β-unsaturated/α-hetero) is 1. The van der Waals surface area contributed by atoms with Gasteiger partial charge in [-0.1, -0.05) is 6.92 Å². The van der Waals surface area contributed by atoms with Crippen molar-refractivity contribution >= 4 is 5.78 Å². The smallest absolute Gasteiger partial charge is 0.133 e. The van der Waals surface area contributed by atoms with Gasteiger partial charge in [0, 0.05) is 12.8 Å². The second kappa shape index (κ2) is 5.32. The molecule has 5 aliphatic carbocycles. The zero-order valence-corrected chi connectivity index (χ0v) is 15.3. The Hall–Kier alpha value is -0.370. The van der Waals surface area contributed by atoms with Crippen LogP contribution in [0.4, 0.5) is 0 Å². The minimum absolute atomic E-state index is 0.0326. The Balaban J connectivity index is 1.44. The zero-order chi connectivity index (χ0) is 16.5. The van der Waals surface area contributed by atoms with Gasteiger partial charge in [-0.05, 0) is 105 Å². The molecule has 5 saturated carbocycles. The number of rotatable bonds is 0. The van der Waals surface area contributed by atoms with Crippen molar-refractivity contribution in [3.63, 3.8) is 0 Å². The van der Waals surface area contributed by atoms with E-state index in [1.54, 1.807) is 0 Å². The largest absolute Gasteiger partial charge is 0.393 e. The Bertz CT molecular complexity index is 542. The lowest BCUT2D eigenvalue weighted by Gasteiger charge is -2.62. The van der Waals surface area contributed by atoms with Crippen LogP contribution in [0.15, 0.2) is 0 Å². The van der Waals surface area contributed by atoms with Crippen molar-refractivity contribution in [2.45, 2.75) is 90.1 Å². The molecule has 0 saturated heterocycles. The first kappa shape index (κ1) is 15.9. The summed E-state index contributed by atoms with van der Waals surface area (Å²) in [5.41, 5.74) is 1.04. The van der Waals surface area contributed by atoms with Crippen LogP contribution in [0.2, 0.25) is 0 Å². The van der Waals surface area contributed by atoms with Crippen LogP contribution in [0.25, 0.3) is 0 Å². The van der Waals surface area contributed by atoms with E-state index in [0.29, 0.717) is 16.6 Å². The number of hydrogen-bond acceptors (Lipinski definition) is 2. The zero-order valence-electron chi connectivity index (χ0n) is 15.3. The average Bonchev–Trinajstić information content (AvgIpc) is 2.94. The summed E-state index contributed by atoms with van der Waals surface area (Å²) in [6, 6.07) is 0. The van der Waals surface area contributed by atoms with Gasteiger partial charge in [0.2, 0.25) is 0 Å². The molecule has 0 aliphatic heterocycles. The Labute approximate surface area is 146 Å². The molecule has 24 heavy (non-hydrogen) atoms. The van der Waals surface area contributed by atoms with Gasteiger partial charge in [0.1, 0.15) is 5.78 Å². The second-order valence-corrected chi connectivity index (χ2v) is 10.4. The van der Waals surface area contributed by atoms with E-state index in [0.717, 1.165) is 55.3 Å². The number of carbonyl (C=O) groups is 1. The minimum Gasteiger partial charge on any atom is -0.393 e. The van der Waals surface area contributed by atoms with E-state index in [2.05, 4.69) is 6.92 Å². The standard InChI is InChI=1S/C22H34O2/c1-21-9-6-16(23)12-14(21)2-4-18-19(21)8-11-22-10-7-17(24)13-15(22)3-5-20(18)22/h14-16,18-20,23H,2-13H2,1H3/t14-,15-,16-,18?,19?,20?,21+,22-/m1/s1. The van der Waals surface area contributed by atoms with Crippen molar-refractivity contribution in [3.05, 3.63) is 0 Å². The molecule has 0 aromatic rings. The molecule has 1 spiro atoms. The molecule has 0 radical (unpaired) electrons. The average molecular weight is 331 g/mol. The Kier molecular flexibility index (Phi) is 3.51. The second-order valence-electron chi connectivity index (χ2n) is 10.4. The fourth-order valence-corrected chi connectivity index (χ4v) is 8.72. The van der Waals surface area contributed by atoms with Crippen LogP contribution < -0.4 is 0 Å². The van der Waals surface area contributed by atoms with Crippen molar-refractivity contribution < 1.29 is 9.90 Å². The number of aliphatic hydroxyl groups excluding tert-OH is 1. The van der Waals surface area contributed by atoms with E-state index in [4.69, 9.17) is 0 Å². The predicted molar refractivity (Wildman–Crippen MR) is 94.4 cm³/mol. The van der Waals surface area contributed by atoms with Gasteiger partial charge in [-0.3, -0.25) is 4.79 Å². The van der Waals surface area contributed by atoms with Gasteiger partial charge >= 0.3 is 0 Å². The third-order valence-corrected chi connectivity index (χ3v) is 9.88. The molecule has 0 heterocycles. The number of fused-ring (bicyclic) bond motifs is 4. The number of aliphatic hydroxyl groups is 1. The summed E-state index contributed by atoms with van der Waals surface area (Å²) >= 11 is 0. The summed E-state index contributed by atoms with van der Waals surface area (Å²) in [7, 11) is 0. The van der Waals surface area contributed by atoms with Crippen LogP contribution >= 0.6 is 0 Å². The van der Waals surface area contributed by atoms with Crippen LogP contribution in [-0.4, -0.2) is 17.0 Å². The van der Waals surface area contributed by atoms with E-state index in [1.165, 1.54) is 51.4 Å². The van der Waals surface area contributed by atoms with Crippen LogP contribution in [0, 0.1) is 40.4 Å². The van der Waals surface area contributed by atoms with E-state index in [-0.39, 0.29) is 6.10 Å². The lowest BCUT2D eigenvalue weighted by molar-refractivity contribution is -0.144. The predicted octanol–water partition coefficient (Wildman–Crippen LogP) is 4.74. The van der Waals surface area contributed by atoms with Crippen LogP contribution in [0.1, 0.15) is 84.0 Å². The summed E-state index contributed by atoms with van der Waals surface area (Å²) in [5, 5.41) is 10.2. The Morgan fingerprint density at radius 2 is 1.75 bits per heavy atom. The summed E-state index contributed by atoms with van der Waals surface area (Å²) in [6.07, 6.45) is 14.6. The number of hydrogen-bond donors (Lipinski definition) is 1.